The molecule has 108 valence electrons. The van der Waals surface area contributed by atoms with Crippen molar-refractivity contribution in [2.45, 2.75) is 19.0 Å². The van der Waals surface area contributed by atoms with E-state index in [1.807, 2.05) is 30.3 Å². The summed E-state index contributed by atoms with van der Waals surface area (Å²) in [5.41, 5.74) is 3.53. The maximum atomic E-state index is 9.53. The van der Waals surface area contributed by atoms with Crippen molar-refractivity contribution < 1.29 is 5.11 Å². The fourth-order valence-electron chi connectivity index (χ4n) is 2.58. The molecule has 3 nitrogen and oxygen atoms in total. The average Bonchev–Trinajstić information content (AvgIpc) is 2.95. The Kier molecular flexibility index (Phi) is 4.34. The number of aliphatic hydroxyl groups excluding tert-OH is 1. The van der Waals surface area contributed by atoms with Crippen molar-refractivity contribution in [3.05, 3.63) is 71.9 Å². The number of aromatic amines is 1. The van der Waals surface area contributed by atoms with Gasteiger partial charge in [0.2, 0.25) is 0 Å². The van der Waals surface area contributed by atoms with Gasteiger partial charge in [-0.25, -0.2) is 0 Å². The van der Waals surface area contributed by atoms with E-state index in [-0.39, 0.29) is 12.6 Å². The number of nitrogens with one attached hydrogen (secondary N) is 2. The van der Waals surface area contributed by atoms with Crippen molar-refractivity contribution in [1.29, 1.82) is 0 Å². The van der Waals surface area contributed by atoms with E-state index in [2.05, 4.69) is 40.6 Å². The molecule has 0 fully saturated rings. The molecule has 0 amide bonds. The van der Waals surface area contributed by atoms with E-state index in [1.165, 1.54) is 10.9 Å². The Morgan fingerprint density at radius 1 is 1.00 bits per heavy atom. The number of rotatable bonds is 6. The fraction of sp³-hybridized carbons (Fsp3) is 0.222. The van der Waals surface area contributed by atoms with E-state index in [4.69, 9.17) is 0 Å². The van der Waals surface area contributed by atoms with E-state index in [1.54, 1.807) is 0 Å². The molecule has 3 heteroatoms. The Morgan fingerprint density at radius 3 is 2.52 bits per heavy atom. The van der Waals surface area contributed by atoms with Crippen molar-refractivity contribution in [2.75, 3.05) is 6.61 Å². The highest BCUT2D eigenvalue weighted by Gasteiger charge is 2.08. The number of H-pyrrole nitrogens is 1. The summed E-state index contributed by atoms with van der Waals surface area (Å²) >= 11 is 0. The zero-order valence-corrected chi connectivity index (χ0v) is 11.9. The summed E-state index contributed by atoms with van der Waals surface area (Å²) in [7, 11) is 0. The van der Waals surface area contributed by atoms with Crippen LogP contribution in [0.3, 0.4) is 0 Å². The molecular formula is C18H20N2O. The quantitative estimate of drug-likeness (QED) is 0.650. The molecule has 0 saturated carbocycles. The van der Waals surface area contributed by atoms with Gasteiger partial charge in [0.1, 0.15) is 0 Å². The number of fused-ring (bicyclic) bond motifs is 1. The summed E-state index contributed by atoms with van der Waals surface area (Å²) in [5, 5.41) is 14.2. The van der Waals surface area contributed by atoms with Gasteiger partial charge in [-0.1, -0.05) is 48.5 Å². The van der Waals surface area contributed by atoms with Gasteiger partial charge >= 0.3 is 0 Å². The minimum atomic E-state index is 0.0683. The van der Waals surface area contributed by atoms with Crippen molar-refractivity contribution in [3.8, 4) is 0 Å². The summed E-state index contributed by atoms with van der Waals surface area (Å²) in [6, 6.07) is 20.7. The number of hydrogen-bond donors (Lipinski definition) is 3. The molecule has 3 rings (SSSR count). The Labute approximate surface area is 124 Å². The van der Waals surface area contributed by atoms with Crippen molar-refractivity contribution in [1.82, 2.24) is 10.3 Å². The lowest BCUT2D eigenvalue weighted by molar-refractivity contribution is 0.240. The molecule has 0 radical (unpaired) electrons. The predicted octanol–water partition coefficient (Wildman–Crippen LogP) is 2.86. The van der Waals surface area contributed by atoms with E-state index in [9.17, 15) is 5.11 Å². The second-order valence-electron chi connectivity index (χ2n) is 5.33. The average molecular weight is 280 g/mol. The summed E-state index contributed by atoms with van der Waals surface area (Å²) in [4.78, 5) is 3.39. The van der Waals surface area contributed by atoms with E-state index in [0.717, 1.165) is 24.2 Å². The highest BCUT2D eigenvalue weighted by Crippen LogP contribution is 2.14. The molecule has 0 spiro atoms. The van der Waals surface area contributed by atoms with E-state index >= 15 is 0 Å². The first-order valence-corrected chi connectivity index (χ1v) is 7.30. The van der Waals surface area contributed by atoms with Crippen LogP contribution in [0, 0.1) is 0 Å². The van der Waals surface area contributed by atoms with Gasteiger partial charge in [0.05, 0.1) is 6.61 Å². The van der Waals surface area contributed by atoms with Gasteiger partial charge in [-0.05, 0) is 29.5 Å². The Hall–Kier alpha value is -2.10. The molecule has 1 aromatic heterocycles. The van der Waals surface area contributed by atoms with Crippen molar-refractivity contribution >= 4 is 10.9 Å². The fourth-order valence-corrected chi connectivity index (χ4v) is 2.58. The maximum absolute atomic E-state index is 9.53. The zero-order chi connectivity index (χ0) is 14.5. The van der Waals surface area contributed by atoms with Gasteiger partial charge in [0.25, 0.3) is 0 Å². The third kappa shape index (κ3) is 3.51. The smallest absolute Gasteiger partial charge is 0.0588 e. The van der Waals surface area contributed by atoms with Crippen LogP contribution >= 0.6 is 0 Å². The van der Waals surface area contributed by atoms with E-state index < -0.39 is 0 Å². The van der Waals surface area contributed by atoms with Gasteiger partial charge < -0.3 is 15.4 Å². The molecule has 1 atom stereocenters. The van der Waals surface area contributed by atoms with Crippen molar-refractivity contribution in [2.24, 2.45) is 0 Å². The number of para-hydroxylation sites is 1. The zero-order valence-electron chi connectivity index (χ0n) is 11.9. The van der Waals surface area contributed by atoms with Crippen LogP contribution in [0.4, 0.5) is 0 Å². The van der Waals surface area contributed by atoms with Gasteiger partial charge in [-0.15, -0.1) is 0 Å². The summed E-state index contributed by atoms with van der Waals surface area (Å²) in [6.07, 6.45) is 0.831. The minimum Gasteiger partial charge on any atom is -0.395 e. The van der Waals surface area contributed by atoms with Crippen molar-refractivity contribution in [3.63, 3.8) is 0 Å². The first-order valence-electron chi connectivity index (χ1n) is 7.30. The van der Waals surface area contributed by atoms with Gasteiger partial charge in [-0.3, -0.25) is 0 Å². The van der Waals surface area contributed by atoms with Crippen LogP contribution in [0.25, 0.3) is 10.9 Å². The third-order valence-electron chi connectivity index (χ3n) is 3.71. The lowest BCUT2D eigenvalue weighted by atomic mass is 10.1. The Balaban J connectivity index is 1.62. The highest BCUT2D eigenvalue weighted by molar-refractivity contribution is 5.80. The molecule has 21 heavy (non-hydrogen) atoms. The second kappa shape index (κ2) is 6.57. The molecule has 1 heterocycles. The predicted molar refractivity (Wildman–Crippen MR) is 86.2 cm³/mol. The summed E-state index contributed by atoms with van der Waals surface area (Å²) in [6.45, 7) is 0.863. The minimum absolute atomic E-state index is 0.0683. The summed E-state index contributed by atoms with van der Waals surface area (Å²) < 4.78 is 0. The first kappa shape index (κ1) is 13.9. The van der Waals surface area contributed by atoms with Gasteiger partial charge in [-0.2, -0.15) is 0 Å². The Bertz CT molecular complexity index is 658. The topological polar surface area (TPSA) is 48.0 Å². The number of aromatic nitrogens is 1. The monoisotopic (exact) mass is 280 g/mol. The van der Waals surface area contributed by atoms with Gasteiger partial charge in [0, 0.05) is 23.8 Å². The van der Waals surface area contributed by atoms with Crippen LogP contribution < -0.4 is 5.32 Å². The molecule has 3 N–H and O–H groups in total. The Morgan fingerprint density at radius 2 is 1.76 bits per heavy atom. The number of hydrogen-bond acceptors (Lipinski definition) is 2. The molecule has 0 unspecified atom stereocenters. The highest BCUT2D eigenvalue weighted by atomic mass is 16.3. The normalized spacial score (nSPS) is 12.6. The maximum Gasteiger partial charge on any atom is 0.0588 e. The van der Waals surface area contributed by atoms with Crippen LogP contribution in [0.15, 0.2) is 60.7 Å². The molecule has 0 aliphatic carbocycles. The van der Waals surface area contributed by atoms with Gasteiger partial charge in [0.15, 0.2) is 0 Å². The summed E-state index contributed by atoms with van der Waals surface area (Å²) in [5.74, 6) is 0. The van der Waals surface area contributed by atoms with Crippen LogP contribution in [0.2, 0.25) is 0 Å². The molecule has 3 aromatic rings. The van der Waals surface area contributed by atoms with Crippen LogP contribution in [-0.4, -0.2) is 22.7 Å². The largest absolute Gasteiger partial charge is 0.395 e. The molecule has 2 aromatic carbocycles. The number of aliphatic hydroxyl groups is 1. The third-order valence-corrected chi connectivity index (χ3v) is 3.71. The van der Waals surface area contributed by atoms with E-state index in [0.29, 0.717) is 0 Å². The molecule has 0 bridgehead atoms. The SMILES string of the molecule is OC[C@H](Cc1ccccc1)NCc1cc2ccccc2[nH]1. The lowest BCUT2D eigenvalue weighted by Gasteiger charge is -2.15. The molecular weight excluding hydrogens is 260 g/mol. The molecule has 0 aliphatic rings. The first-order chi connectivity index (χ1) is 10.3. The lowest BCUT2D eigenvalue weighted by Crippen LogP contribution is -2.34. The molecule has 0 aliphatic heterocycles. The standard InChI is InChI=1S/C18H20N2O/c21-13-17(10-14-6-2-1-3-7-14)19-12-16-11-15-8-4-5-9-18(15)20-16/h1-9,11,17,19-21H,10,12-13H2/t17-/m0/s1. The second-order valence-corrected chi connectivity index (χ2v) is 5.33. The molecule has 0 saturated heterocycles. The van der Waals surface area contributed by atoms with Crippen LogP contribution in [-0.2, 0) is 13.0 Å². The van der Waals surface area contributed by atoms with Crippen LogP contribution in [0.5, 0.6) is 0 Å². The number of benzene rings is 2. The van der Waals surface area contributed by atoms with Crippen LogP contribution in [0.1, 0.15) is 11.3 Å².